The van der Waals surface area contributed by atoms with Crippen molar-refractivity contribution in [3.8, 4) is 0 Å². The third-order valence-electron chi connectivity index (χ3n) is 9.37. The van der Waals surface area contributed by atoms with Crippen LogP contribution in [0.3, 0.4) is 0 Å². The van der Waals surface area contributed by atoms with Gasteiger partial charge < -0.3 is 19.3 Å². The number of carbonyl (C=O) groups is 3. The molecule has 3 aliphatic rings. The Labute approximate surface area is 232 Å². The molecule has 218 valence electrons. The number of ether oxygens (including phenoxy) is 4. The lowest BCUT2D eigenvalue weighted by Gasteiger charge is -2.60. The molecule has 0 radical (unpaired) electrons. The molecule has 3 rings (SSSR count). The predicted octanol–water partition coefficient (Wildman–Crippen LogP) is 5.40. The summed E-state index contributed by atoms with van der Waals surface area (Å²) in [7, 11) is 0. The number of esters is 3. The van der Waals surface area contributed by atoms with E-state index in [-0.39, 0.29) is 30.1 Å². The van der Waals surface area contributed by atoms with Crippen LogP contribution >= 0.6 is 0 Å². The highest BCUT2D eigenvalue weighted by Crippen LogP contribution is 2.67. The van der Waals surface area contributed by atoms with Crippen LogP contribution in [0.2, 0.25) is 0 Å². The Balaban J connectivity index is 2.18. The van der Waals surface area contributed by atoms with Gasteiger partial charge >= 0.3 is 17.9 Å². The maximum Gasteiger partial charge on any atom is 0.309 e. The number of allylic oxidation sites excluding steroid dienone is 2. The number of aliphatic hydroxyl groups excluding tert-OH is 1. The molecule has 8 heteroatoms. The van der Waals surface area contributed by atoms with Crippen molar-refractivity contribution in [3.05, 3.63) is 36.5 Å². The average molecular weight is 547 g/mol. The van der Waals surface area contributed by atoms with E-state index in [1.54, 1.807) is 12.2 Å². The molecule has 0 unspecified atom stereocenters. The van der Waals surface area contributed by atoms with E-state index in [2.05, 4.69) is 27.0 Å². The molecule has 2 fully saturated rings. The smallest absolute Gasteiger partial charge is 0.309 e. The van der Waals surface area contributed by atoms with E-state index in [9.17, 15) is 19.5 Å². The Kier molecular flexibility index (Phi) is 9.87. The molecule has 0 amide bonds. The van der Waals surface area contributed by atoms with E-state index in [1.165, 1.54) is 6.92 Å². The van der Waals surface area contributed by atoms with E-state index in [0.717, 1.165) is 12.0 Å². The zero-order chi connectivity index (χ0) is 29.1. The first-order valence-corrected chi connectivity index (χ1v) is 14.3. The number of aliphatic hydroxyl groups is 1. The van der Waals surface area contributed by atoms with Gasteiger partial charge in [-0.2, -0.15) is 0 Å². The van der Waals surface area contributed by atoms with Crippen molar-refractivity contribution in [2.45, 2.75) is 111 Å². The van der Waals surface area contributed by atoms with Crippen molar-refractivity contribution in [1.82, 2.24) is 0 Å². The lowest BCUT2D eigenvalue weighted by Crippen LogP contribution is -2.63. The Bertz CT molecular complexity index is 1000. The molecule has 1 spiro atoms. The van der Waals surface area contributed by atoms with Gasteiger partial charge in [-0.3, -0.25) is 19.1 Å². The summed E-state index contributed by atoms with van der Waals surface area (Å²) in [6.45, 7) is 19.1. The minimum Gasteiger partial charge on any atom is -0.458 e. The van der Waals surface area contributed by atoms with Crippen molar-refractivity contribution in [2.75, 3.05) is 0 Å². The van der Waals surface area contributed by atoms with Crippen molar-refractivity contribution in [2.24, 2.45) is 28.6 Å². The zero-order valence-corrected chi connectivity index (χ0v) is 24.4. The third kappa shape index (κ3) is 5.87. The number of hydrogen-bond acceptors (Lipinski definition) is 8. The van der Waals surface area contributed by atoms with Gasteiger partial charge in [-0.05, 0) is 61.9 Å². The lowest BCUT2D eigenvalue weighted by atomic mass is 9.45. The Morgan fingerprint density at radius 1 is 1.21 bits per heavy atom. The monoisotopic (exact) mass is 546 g/mol. The SMILES string of the molecule is C=CC(=C)CC[C@]1(C)[C@H]2C[C@H](OC(=O)[C@@H](C)CC)C=C3[C@H](OC(=O)CCC)O[C@H](OC(C)=O)[C@]32[C@H](O)C[C@@H]1C. The molecule has 1 aliphatic heterocycles. The van der Waals surface area contributed by atoms with Gasteiger partial charge in [0.15, 0.2) is 0 Å². The first kappa shape index (κ1) is 31.1. The molecular formula is C31H46O8. The second-order valence-electron chi connectivity index (χ2n) is 11.8. The van der Waals surface area contributed by atoms with Crippen LogP contribution in [0.15, 0.2) is 36.5 Å². The lowest BCUT2D eigenvalue weighted by molar-refractivity contribution is -0.255. The topological polar surface area (TPSA) is 108 Å². The summed E-state index contributed by atoms with van der Waals surface area (Å²) in [5.41, 5.74) is -0.153. The van der Waals surface area contributed by atoms with Crippen LogP contribution in [-0.4, -0.2) is 47.8 Å². The van der Waals surface area contributed by atoms with Crippen LogP contribution in [0.25, 0.3) is 0 Å². The highest BCUT2D eigenvalue weighted by atomic mass is 16.8. The number of rotatable bonds is 11. The second-order valence-corrected chi connectivity index (χ2v) is 11.8. The van der Waals surface area contributed by atoms with Crippen LogP contribution in [-0.2, 0) is 33.3 Å². The van der Waals surface area contributed by atoms with Gasteiger partial charge in [0.05, 0.1) is 17.4 Å². The molecule has 9 atom stereocenters. The summed E-state index contributed by atoms with van der Waals surface area (Å²) in [4.78, 5) is 37.8. The highest BCUT2D eigenvalue weighted by molar-refractivity contribution is 5.72. The standard InChI is InChI=1S/C31H46O8/c1-9-12-26(34)38-28-23-16-22(37-27(35)19(5)11-3)17-24-30(8,14-13-18(4)10-2)20(6)15-25(33)31(23,24)29(39-28)36-21(7)32/h10,16,19-20,22,24-25,28-29,33H,2,4,9,11-15,17H2,1,3,5-8H3/t19-,20-,22+,24+,25+,28+,29-,30-,31+/m0/s1. The Hall–Kier alpha value is -2.45. The quantitative estimate of drug-likeness (QED) is 0.159. The molecule has 1 heterocycles. The van der Waals surface area contributed by atoms with E-state index >= 15 is 0 Å². The minimum atomic E-state index is -1.17. The first-order chi connectivity index (χ1) is 18.3. The second kappa shape index (κ2) is 12.4. The maximum absolute atomic E-state index is 12.9. The summed E-state index contributed by atoms with van der Waals surface area (Å²) in [5.74, 6) is -1.86. The molecular weight excluding hydrogens is 500 g/mol. The largest absolute Gasteiger partial charge is 0.458 e. The van der Waals surface area contributed by atoms with Crippen LogP contribution in [0.1, 0.15) is 86.5 Å². The predicted molar refractivity (Wildman–Crippen MR) is 146 cm³/mol. The molecule has 2 aliphatic carbocycles. The molecule has 1 saturated carbocycles. The van der Waals surface area contributed by atoms with E-state index in [4.69, 9.17) is 18.9 Å². The van der Waals surface area contributed by atoms with E-state index < -0.39 is 47.6 Å². The van der Waals surface area contributed by atoms with Gasteiger partial charge in [-0.25, -0.2) is 0 Å². The zero-order valence-electron chi connectivity index (χ0n) is 24.4. The van der Waals surface area contributed by atoms with Crippen molar-refractivity contribution >= 4 is 17.9 Å². The molecule has 1 saturated heterocycles. The normalized spacial score (nSPS) is 36.0. The average Bonchev–Trinajstić information content (AvgIpc) is 3.17. The summed E-state index contributed by atoms with van der Waals surface area (Å²) in [5, 5.41) is 11.8. The Morgan fingerprint density at radius 2 is 1.90 bits per heavy atom. The molecule has 0 aromatic heterocycles. The van der Waals surface area contributed by atoms with Gasteiger partial charge in [0.2, 0.25) is 12.6 Å². The van der Waals surface area contributed by atoms with Gasteiger partial charge in [0, 0.05) is 18.9 Å². The van der Waals surface area contributed by atoms with Gasteiger partial charge in [0.1, 0.15) is 6.10 Å². The van der Waals surface area contributed by atoms with Crippen molar-refractivity contribution in [1.29, 1.82) is 0 Å². The summed E-state index contributed by atoms with van der Waals surface area (Å²) < 4.78 is 23.7. The van der Waals surface area contributed by atoms with Gasteiger partial charge in [-0.1, -0.05) is 59.4 Å². The Morgan fingerprint density at radius 3 is 2.49 bits per heavy atom. The van der Waals surface area contributed by atoms with E-state index in [1.807, 2.05) is 20.8 Å². The van der Waals surface area contributed by atoms with Crippen LogP contribution in [0.5, 0.6) is 0 Å². The fraction of sp³-hybridized carbons (Fsp3) is 0.710. The van der Waals surface area contributed by atoms with Crippen LogP contribution in [0, 0.1) is 28.6 Å². The highest BCUT2D eigenvalue weighted by Gasteiger charge is 2.71. The molecule has 0 aromatic carbocycles. The molecule has 1 N–H and O–H groups in total. The summed E-state index contributed by atoms with van der Waals surface area (Å²) >= 11 is 0. The number of carbonyl (C=O) groups excluding carboxylic acids is 3. The van der Waals surface area contributed by atoms with Crippen molar-refractivity contribution in [3.63, 3.8) is 0 Å². The minimum absolute atomic E-state index is 0.0747. The molecule has 39 heavy (non-hydrogen) atoms. The van der Waals surface area contributed by atoms with Crippen LogP contribution < -0.4 is 0 Å². The molecule has 8 nitrogen and oxygen atoms in total. The maximum atomic E-state index is 12.9. The first-order valence-electron chi connectivity index (χ1n) is 14.3. The molecule has 0 bridgehead atoms. The summed E-state index contributed by atoms with van der Waals surface area (Å²) in [6, 6.07) is 0. The van der Waals surface area contributed by atoms with Gasteiger partial charge in [-0.15, -0.1) is 0 Å². The van der Waals surface area contributed by atoms with Crippen LogP contribution in [0.4, 0.5) is 0 Å². The fourth-order valence-corrected chi connectivity index (χ4v) is 6.68. The third-order valence-corrected chi connectivity index (χ3v) is 9.37. The summed E-state index contributed by atoms with van der Waals surface area (Å²) in [6.07, 6.45) is 3.28. The van der Waals surface area contributed by atoms with Crippen molar-refractivity contribution < 1.29 is 38.4 Å². The number of hydrogen-bond donors (Lipinski definition) is 1. The van der Waals surface area contributed by atoms with Gasteiger partial charge in [0.25, 0.3) is 0 Å². The fourth-order valence-electron chi connectivity index (χ4n) is 6.68. The van der Waals surface area contributed by atoms with E-state index in [0.29, 0.717) is 37.7 Å². The molecule has 0 aromatic rings.